The Morgan fingerprint density at radius 1 is 1.80 bits per heavy atom. The Balaban J connectivity index is 2.40. The molecular formula is C4H6O. The third-order valence-corrected chi connectivity index (χ3v) is 0.279. The minimum atomic E-state index is 0.472. The molecule has 0 aliphatic carbocycles. The van der Waals surface area contributed by atoms with Crippen molar-refractivity contribution < 1.29 is 4.79 Å². The molecule has 0 amide bonds. The van der Waals surface area contributed by atoms with Crippen LogP contribution in [-0.2, 0) is 4.79 Å². The summed E-state index contributed by atoms with van der Waals surface area (Å²) in [7, 11) is 0. The highest BCUT2D eigenvalue weighted by molar-refractivity contribution is 5.50. The topological polar surface area (TPSA) is 17.1 Å². The molecule has 28 valence electrons. The first-order valence-electron chi connectivity index (χ1n) is 1.56. The van der Waals surface area contributed by atoms with Crippen LogP contribution in [0.5, 0.6) is 0 Å². The molecule has 1 heteroatoms. The van der Waals surface area contributed by atoms with E-state index < -0.39 is 0 Å². The molecule has 2 radical (unpaired) electrons. The lowest BCUT2D eigenvalue weighted by atomic mass is 10.4. The molecule has 1 nitrogen and oxygen atoms in total. The van der Waals surface area contributed by atoms with Gasteiger partial charge in [0.25, 0.3) is 0 Å². The maximum absolute atomic E-state index is 9.24. The maximum Gasteiger partial charge on any atom is 0.198 e. The van der Waals surface area contributed by atoms with Crippen molar-refractivity contribution in [3.63, 3.8) is 0 Å². The number of rotatable bonds is 2. The fraction of sp³-hybridized carbons (Fsp3) is 0.500. The van der Waals surface area contributed by atoms with Gasteiger partial charge < -0.3 is 0 Å². The zero-order chi connectivity index (χ0) is 4.12. The molecule has 0 saturated carbocycles. The molecule has 0 aromatic carbocycles. The Bertz CT molecular complexity index is 24.8. The normalized spacial score (nSPS) is 7.40. The summed E-state index contributed by atoms with van der Waals surface area (Å²) in [6.45, 7) is 3.41. The third kappa shape index (κ3) is 3.67. The lowest BCUT2D eigenvalue weighted by Gasteiger charge is -1.66. The van der Waals surface area contributed by atoms with E-state index in [0.29, 0.717) is 12.8 Å². The Labute approximate surface area is 32.0 Å². The van der Waals surface area contributed by atoms with Crippen molar-refractivity contribution in [3.05, 3.63) is 6.92 Å². The molecule has 0 unspecified atom stereocenters. The van der Waals surface area contributed by atoms with Gasteiger partial charge in [0.15, 0.2) is 6.29 Å². The summed E-state index contributed by atoms with van der Waals surface area (Å²) in [6.07, 6.45) is 2.85. The molecule has 0 bridgehead atoms. The predicted octanol–water partition coefficient (Wildman–Crippen LogP) is 0.710. The summed E-state index contributed by atoms with van der Waals surface area (Å²) < 4.78 is 0. The maximum atomic E-state index is 9.24. The monoisotopic (exact) mass is 70.0 g/mol. The van der Waals surface area contributed by atoms with E-state index in [0.717, 1.165) is 0 Å². The molecule has 0 fully saturated rings. The van der Waals surface area contributed by atoms with E-state index in [-0.39, 0.29) is 0 Å². The molecule has 0 aliphatic heterocycles. The second-order valence-electron chi connectivity index (χ2n) is 0.748. The summed E-state index contributed by atoms with van der Waals surface area (Å²) in [6, 6.07) is 0. The SMILES string of the molecule is [CH2]CC[C]=O. The zero-order valence-corrected chi connectivity index (χ0v) is 3.03. The average molecular weight is 70.1 g/mol. The van der Waals surface area contributed by atoms with Crippen molar-refractivity contribution in [2.24, 2.45) is 0 Å². The van der Waals surface area contributed by atoms with E-state index >= 15 is 0 Å². The van der Waals surface area contributed by atoms with E-state index in [4.69, 9.17) is 0 Å². The molecule has 0 aromatic heterocycles. The standard InChI is InChI=1S/C4H6O/c1-2-3-4-5/h1-3H2. The van der Waals surface area contributed by atoms with Crippen LogP contribution in [-0.4, -0.2) is 6.29 Å². The predicted molar refractivity (Wildman–Crippen MR) is 20.3 cm³/mol. The Hall–Kier alpha value is -0.330. The number of unbranched alkanes of at least 4 members (excludes halogenated alkanes) is 1. The van der Waals surface area contributed by atoms with Gasteiger partial charge >= 0.3 is 0 Å². The first kappa shape index (κ1) is 4.67. The van der Waals surface area contributed by atoms with Crippen molar-refractivity contribution in [1.82, 2.24) is 0 Å². The molecule has 0 spiro atoms. The van der Waals surface area contributed by atoms with Crippen LogP contribution in [0, 0.1) is 6.92 Å². The zero-order valence-electron chi connectivity index (χ0n) is 3.03. The summed E-state index contributed by atoms with van der Waals surface area (Å²) in [5, 5.41) is 0. The van der Waals surface area contributed by atoms with Crippen LogP contribution in [0.25, 0.3) is 0 Å². The van der Waals surface area contributed by atoms with Gasteiger partial charge in [-0.25, -0.2) is 0 Å². The molecule has 5 heavy (non-hydrogen) atoms. The van der Waals surface area contributed by atoms with Crippen molar-refractivity contribution in [2.45, 2.75) is 12.8 Å². The Morgan fingerprint density at radius 3 is 2.40 bits per heavy atom. The molecule has 0 atom stereocenters. The van der Waals surface area contributed by atoms with E-state index in [1.165, 1.54) is 0 Å². The van der Waals surface area contributed by atoms with Crippen LogP contribution < -0.4 is 0 Å². The summed E-state index contributed by atoms with van der Waals surface area (Å²) >= 11 is 0. The number of hydrogen-bond acceptors (Lipinski definition) is 1. The van der Waals surface area contributed by atoms with E-state index in [1.807, 2.05) is 0 Å². The smallest absolute Gasteiger partial charge is 0.198 e. The van der Waals surface area contributed by atoms with Gasteiger partial charge in [-0.05, 0) is 6.42 Å². The average Bonchev–Trinajstić information content (AvgIpc) is 1.41. The molecule has 0 heterocycles. The van der Waals surface area contributed by atoms with Crippen LogP contribution in [0.3, 0.4) is 0 Å². The summed E-state index contributed by atoms with van der Waals surface area (Å²) in [5.41, 5.74) is 0. The van der Waals surface area contributed by atoms with Crippen LogP contribution in [0.15, 0.2) is 0 Å². The van der Waals surface area contributed by atoms with Gasteiger partial charge in [0, 0.05) is 6.42 Å². The highest BCUT2D eigenvalue weighted by atomic mass is 16.1. The molecule has 0 aromatic rings. The van der Waals surface area contributed by atoms with E-state index in [9.17, 15) is 4.79 Å². The van der Waals surface area contributed by atoms with Crippen molar-refractivity contribution in [1.29, 1.82) is 0 Å². The van der Waals surface area contributed by atoms with Crippen LogP contribution in [0.2, 0.25) is 0 Å². The molecule has 0 N–H and O–H groups in total. The molecule has 0 rings (SSSR count). The molecule has 0 aliphatic rings. The third-order valence-electron chi connectivity index (χ3n) is 0.279. The van der Waals surface area contributed by atoms with Gasteiger partial charge in [0.1, 0.15) is 0 Å². The summed E-state index contributed by atoms with van der Waals surface area (Å²) in [5.74, 6) is 0. The second kappa shape index (κ2) is 3.67. The van der Waals surface area contributed by atoms with Crippen LogP contribution in [0.4, 0.5) is 0 Å². The second-order valence-corrected chi connectivity index (χ2v) is 0.748. The summed E-state index contributed by atoms with van der Waals surface area (Å²) in [4.78, 5) is 9.24. The lowest BCUT2D eigenvalue weighted by Crippen LogP contribution is -1.64. The molecule has 0 saturated heterocycles. The van der Waals surface area contributed by atoms with Gasteiger partial charge in [-0.2, -0.15) is 0 Å². The number of carbonyl (C=O) groups excluding carboxylic acids is 1. The van der Waals surface area contributed by atoms with Gasteiger partial charge in [-0.15, -0.1) is 0 Å². The first-order valence-corrected chi connectivity index (χ1v) is 1.56. The lowest BCUT2D eigenvalue weighted by molar-refractivity contribution is 0.551. The largest absolute Gasteiger partial charge is 0.291 e. The van der Waals surface area contributed by atoms with Crippen LogP contribution >= 0.6 is 0 Å². The van der Waals surface area contributed by atoms with Crippen molar-refractivity contribution >= 4 is 6.29 Å². The highest BCUT2D eigenvalue weighted by Gasteiger charge is 1.69. The van der Waals surface area contributed by atoms with Gasteiger partial charge in [0.2, 0.25) is 0 Å². The fourth-order valence-electron chi connectivity index (χ4n) is 0.0722. The van der Waals surface area contributed by atoms with E-state index in [1.54, 1.807) is 6.29 Å². The van der Waals surface area contributed by atoms with Gasteiger partial charge in [-0.1, -0.05) is 6.92 Å². The number of hydrogen-bond donors (Lipinski definition) is 0. The van der Waals surface area contributed by atoms with Gasteiger partial charge in [-0.3, -0.25) is 4.79 Å². The van der Waals surface area contributed by atoms with Gasteiger partial charge in [0.05, 0.1) is 0 Å². The minimum absolute atomic E-state index is 0.472. The fourth-order valence-corrected chi connectivity index (χ4v) is 0.0722. The van der Waals surface area contributed by atoms with Crippen molar-refractivity contribution in [2.75, 3.05) is 0 Å². The minimum Gasteiger partial charge on any atom is -0.291 e. The molecular weight excluding hydrogens is 64.0 g/mol. The van der Waals surface area contributed by atoms with E-state index in [2.05, 4.69) is 6.92 Å². The van der Waals surface area contributed by atoms with Crippen molar-refractivity contribution in [3.8, 4) is 0 Å². The Kier molecular flexibility index (Phi) is 3.43. The quantitative estimate of drug-likeness (QED) is 0.467. The van der Waals surface area contributed by atoms with Crippen LogP contribution in [0.1, 0.15) is 12.8 Å². The first-order chi connectivity index (χ1) is 2.41. The highest BCUT2D eigenvalue weighted by Crippen LogP contribution is 1.74. The Morgan fingerprint density at radius 2 is 2.40 bits per heavy atom.